The van der Waals surface area contributed by atoms with Crippen molar-refractivity contribution in [3.05, 3.63) is 181 Å². The minimum atomic E-state index is -0.121. The molecule has 0 radical (unpaired) electrons. The molecule has 11 rings (SSSR count). The van der Waals surface area contributed by atoms with E-state index in [1.165, 1.54) is 88.0 Å². The maximum atomic E-state index is 6.11. The van der Waals surface area contributed by atoms with Gasteiger partial charge in [0, 0.05) is 16.2 Å². The summed E-state index contributed by atoms with van der Waals surface area (Å²) in [6.07, 6.45) is 0. The molecule has 0 fully saturated rings. The lowest BCUT2D eigenvalue weighted by molar-refractivity contribution is 0.666. The fourth-order valence-electron chi connectivity index (χ4n) is 9.32. The van der Waals surface area contributed by atoms with Crippen LogP contribution < -0.4 is 0 Å². The topological polar surface area (TPSA) is 13.1 Å². The number of hydrogen-bond acceptors (Lipinski definition) is 1. The lowest BCUT2D eigenvalue weighted by Crippen LogP contribution is -2.15. The van der Waals surface area contributed by atoms with Crippen molar-refractivity contribution in [3.63, 3.8) is 0 Å². The first-order valence-corrected chi connectivity index (χ1v) is 18.2. The largest absolute Gasteiger partial charge is 0.456 e. The molecule has 0 bridgehead atoms. The summed E-state index contributed by atoms with van der Waals surface area (Å²) >= 11 is 0. The van der Waals surface area contributed by atoms with Gasteiger partial charge in [-0.25, -0.2) is 0 Å². The Labute approximate surface area is 302 Å². The van der Waals surface area contributed by atoms with Gasteiger partial charge >= 0.3 is 0 Å². The molecular weight excluding hydrogens is 629 g/mol. The van der Waals surface area contributed by atoms with Crippen LogP contribution in [-0.4, -0.2) is 0 Å². The van der Waals surface area contributed by atoms with Gasteiger partial charge in [0.2, 0.25) is 0 Å². The lowest BCUT2D eigenvalue weighted by Gasteiger charge is -2.23. The molecule has 9 aromatic carbocycles. The molecule has 1 heterocycles. The molecule has 0 unspecified atom stereocenters. The van der Waals surface area contributed by atoms with E-state index in [2.05, 4.69) is 172 Å². The second-order valence-electron chi connectivity index (χ2n) is 14.8. The monoisotopic (exact) mass is 662 g/mol. The molecule has 0 saturated carbocycles. The van der Waals surface area contributed by atoms with E-state index in [0.29, 0.717) is 0 Å². The Morgan fingerprint density at radius 2 is 0.942 bits per heavy atom. The summed E-state index contributed by atoms with van der Waals surface area (Å²) < 4.78 is 6.11. The van der Waals surface area contributed by atoms with Gasteiger partial charge in [-0.1, -0.05) is 166 Å². The Morgan fingerprint density at radius 3 is 1.67 bits per heavy atom. The van der Waals surface area contributed by atoms with Crippen molar-refractivity contribution in [3.8, 4) is 44.5 Å². The van der Waals surface area contributed by atoms with Gasteiger partial charge in [0.1, 0.15) is 11.2 Å². The summed E-state index contributed by atoms with van der Waals surface area (Å²) in [7, 11) is 0. The molecule has 52 heavy (non-hydrogen) atoms. The van der Waals surface area contributed by atoms with Crippen LogP contribution in [0.25, 0.3) is 98.8 Å². The molecule has 10 aromatic rings. The standard InChI is InChI=1S/C51H34O/c1-51(2)44-20-11-19-41(49(44)42-28-26-32-12-3-4-13-35(32)50(42)51)48-39-17-7-5-15-37(39)47(38-16-6-8-18-40(38)48)33-24-22-31(23-25-33)34-27-29-46-43(30-34)36-14-9-10-21-45(36)52-46/h3-30H,1-2H3. The Morgan fingerprint density at radius 1 is 0.365 bits per heavy atom. The van der Waals surface area contributed by atoms with Crippen LogP contribution in [0.2, 0.25) is 0 Å². The quantitative estimate of drug-likeness (QED) is 0.172. The van der Waals surface area contributed by atoms with Gasteiger partial charge in [0.05, 0.1) is 0 Å². The van der Waals surface area contributed by atoms with Gasteiger partial charge in [-0.15, -0.1) is 0 Å². The van der Waals surface area contributed by atoms with Gasteiger partial charge in [0.15, 0.2) is 0 Å². The van der Waals surface area contributed by atoms with Gasteiger partial charge in [-0.05, 0) is 106 Å². The van der Waals surface area contributed by atoms with E-state index in [9.17, 15) is 0 Å². The van der Waals surface area contributed by atoms with E-state index in [-0.39, 0.29) is 5.41 Å². The highest BCUT2D eigenvalue weighted by Crippen LogP contribution is 2.56. The van der Waals surface area contributed by atoms with Gasteiger partial charge in [0.25, 0.3) is 0 Å². The van der Waals surface area contributed by atoms with Crippen molar-refractivity contribution in [2.75, 3.05) is 0 Å². The lowest BCUT2D eigenvalue weighted by atomic mass is 9.79. The maximum absolute atomic E-state index is 6.11. The molecule has 0 spiro atoms. The second kappa shape index (κ2) is 10.8. The zero-order chi connectivity index (χ0) is 34.6. The van der Waals surface area contributed by atoms with E-state index >= 15 is 0 Å². The van der Waals surface area contributed by atoms with E-state index in [4.69, 9.17) is 4.42 Å². The van der Waals surface area contributed by atoms with E-state index in [1.807, 2.05) is 12.1 Å². The maximum Gasteiger partial charge on any atom is 0.135 e. The fourth-order valence-corrected chi connectivity index (χ4v) is 9.32. The van der Waals surface area contributed by atoms with Crippen LogP contribution in [0.5, 0.6) is 0 Å². The van der Waals surface area contributed by atoms with Gasteiger partial charge in [-0.3, -0.25) is 0 Å². The van der Waals surface area contributed by atoms with Crippen molar-refractivity contribution < 1.29 is 4.42 Å². The Hall–Kier alpha value is -6.44. The number of benzene rings is 9. The summed E-state index contributed by atoms with van der Waals surface area (Å²) in [6.45, 7) is 4.79. The van der Waals surface area contributed by atoms with Crippen molar-refractivity contribution in [1.29, 1.82) is 0 Å². The molecule has 0 N–H and O–H groups in total. The molecule has 1 aromatic heterocycles. The SMILES string of the molecule is CC1(C)c2cccc(-c3c4ccccc4c(-c4ccc(-c5ccc6oc7ccccc7c6c5)cc4)c4ccccc34)c2-c2ccc3ccccc3c21. The zero-order valence-corrected chi connectivity index (χ0v) is 29.1. The molecule has 0 atom stereocenters. The third-order valence-corrected chi connectivity index (χ3v) is 11.6. The number of rotatable bonds is 3. The van der Waals surface area contributed by atoms with Crippen LogP contribution in [0.3, 0.4) is 0 Å². The van der Waals surface area contributed by atoms with Crippen LogP contribution in [0.4, 0.5) is 0 Å². The average molecular weight is 663 g/mol. The normalized spacial score (nSPS) is 13.3. The molecule has 0 amide bonds. The van der Waals surface area contributed by atoms with Crippen LogP contribution in [0.15, 0.2) is 174 Å². The molecule has 1 aliphatic rings. The number of hydrogen-bond donors (Lipinski definition) is 0. The van der Waals surface area contributed by atoms with Gasteiger partial charge < -0.3 is 4.42 Å². The molecular formula is C51H34O. The zero-order valence-electron chi connectivity index (χ0n) is 29.1. The first kappa shape index (κ1) is 29.3. The highest BCUT2D eigenvalue weighted by atomic mass is 16.3. The predicted octanol–water partition coefficient (Wildman–Crippen LogP) is 14.4. The fraction of sp³-hybridized carbons (Fsp3) is 0.0588. The molecule has 0 aliphatic heterocycles. The molecule has 1 aliphatic carbocycles. The Kier molecular flexibility index (Phi) is 6.08. The van der Waals surface area contributed by atoms with Crippen molar-refractivity contribution >= 4 is 54.3 Å². The number of para-hydroxylation sites is 1. The first-order chi connectivity index (χ1) is 25.6. The van der Waals surface area contributed by atoms with E-state index in [1.54, 1.807) is 0 Å². The molecule has 0 saturated heterocycles. The minimum absolute atomic E-state index is 0.121. The Bertz CT molecular complexity index is 3030. The number of fused-ring (bicyclic) bond motifs is 10. The van der Waals surface area contributed by atoms with E-state index < -0.39 is 0 Å². The predicted molar refractivity (Wildman–Crippen MR) is 220 cm³/mol. The van der Waals surface area contributed by atoms with Gasteiger partial charge in [-0.2, -0.15) is 0 Å². The average Bonchev–Trinajstić information content (AvgIpc) is 3.68. The smallest absolute Gasteiger partial charge is 0.135 e. The number of furan rings is 1. The molecule has 1 nitrogen and oxygen atoms in total. The second-order valence-corrected chi connectivity index (χ2v) is 14.8. The van der Waals surface area contributed by atoms with E-state index in [0.717, 1.165) is 21.9 Å². The summed E-state index contributed by atoms with van der Waals surface area (Å²) in [5.74, 6) is 0. The first-order valence-electron chi connectivity index (χ1n) is 18.2. The highest BCUT2D eigenvalue weighted by Gasteiger charge is 2.38. The van der Waals surface area contributed by atoms with Crippen molar-refractivity contribution in [2.45, 2.75) is 19.3 Å². The summed E-state index contributed by atoms with van der Waals surface area (Å²) in [6, 6.07) is 62.4. The van der Waals surface area contributed by atoms with Crippen LogP contribution in [-0.2, 0) is 5.41 Å². The minimum Gasteiger partial charge on any atom is -0.456 e. The summed E-state index contributed by atoms with van der Waals surface area (Å²) in [5, 5.41) is 10.0. The van der Waals surface area contributed by atoms with Crippen molar-refractivity contribution in [1.82, 2.24) is 0 Å². The third-order valence-electron chi connectivity index (χ3n) is 11.6. The summed E-state index contributed by atoms with van der Waals surface area (Å²) in [5.41, 5.74) is 14.7. The third kappa shape index (κ3) is 4.05. The van der Waals surface area contributed by atoms with Crippen LogP contribution in [0.1, 0.15) is 25.0 Å². The summed E-state index contributed by atoms with van der Waals surface area (Å²) in [4.78, 5) is 0. The van der Waals surface area contributed by atoms with Crippen molar-refractivity contribution in [2.24, 2.45) is 0 Å². The highest BCUT2D eigenvalue weighted by molar-refractivity contribution is 6.23. The Balaban J connectivity index is 1.12. The van der Waals surface area contributed by atoms with Crippen LogP contribution >= 0.6 is 0 Å². The molecule has 1 heteroatoms. The van der Waals surface area contributed by atoms with Crippen LogP contribution in [0, 0.1) is 0 Å². The molecule has 244 valence electrons.